The number of halogens is 1. The van der Waals surface area contributed by atoms with Crippen molar-refractivity contribution in [3.8, 4) is 0 Å². The van der Waals surface area contributed by atoms with Crippen molar-refractivity contribution in [2.24, 2.45) is 0 Å². The maximum absolute atomic E-state index is 13.7. The number of carbonyl (C=O) groups is 1. The quantitative estimate of drug-likeness (QED) is 0.335. The van der Waals surface area contributed by atoms with Gasteiger partial charge in [-0.15, -0.1) is 11.3 Å². The van der Waals surface area contributed by atoms with Gasteiger partial charge in [0.15, 0.2) is 0 Å². The lowest BCUT2D eigenvalue weighted by Gasteiger charge is -2.37. The van der Waals surface area contributed by atoms with Crippen molar-refractivity contribution in [1.29, 1.82) is 0 Å². The van der Waals surface area contributed by atoms with Crippen molar-refractivity contribution in [2.45, 2.75) is 30.7 Å². The summed E-state index contributed by atoms with van der Waals surface area (Å²) in [6.45, 7) is 2.98. The van der Waals surface area contributed by atoms with Crippen LogP contribution >= 0.6 is 27.3 Å². The smallest absolute Gasteiger partial charge is 0.243 e. The van der Waals surface area contributed by atoms with E-state index in [4.69, 9.17) is 4.74 Å². The fourth-order valence-electron chi connectivity index (χ4n) is 4.36. The van der Waals surface area contributed by atoms with Crippen molar-refractivity contribution in [3.63, 3.8) is 0 Å². The number of hydrogen-bond donors (Lipinski definition) is 0. The second-order valence-corrected chi connectivity index (χ2v) is 12.4. The largest absolute Gasteiger partial charge is 0.385 e. The Bertz CT molecular complexity index is 1260. The summed E-state index contributed by atoms with van der Waals surface area (Å²) in [5, 5.41) is 2.06. The third kappa shape index (κ3) is 5.86. The average Bonchev–Trinajstić information content (AvgIpc) is 3.33. The molecule has 0 saturated carbocycles. The van der Waals surface area contributed by atoms with Gasteiger partial charge in [0.25, 0.3) is 0 Å². The molecule has 3 aromatic rings. The number of aryl methyl sites for hydroxylation is 1. The zero-order valence-electron chi connectivity index (χ0n) is 19.8. The molecule has 1 amide bonds. The number of amides is 1. The van der Waals surface area contributed by atoms with E-state index in [0.29, 0.717) is 19.6 Å². The van der Waals surface area contributed by atoms with E-state index in [1.807, 2.05) is 24.0 Å². The summed E-state index contributed by atoms with van der Waals surface area (Å²) in [6, 6.07) is 16.6. The topological polar surface area (TPSA) is 66.9 Å². The molecule has 0 saturated heterocycles. The summed E-state index contributed by atoms with van der Waals surface area (Å²) in [6.07, 6.45) is 1.26. The predicted octanol–water partition coefficient (Wildman–Crippen LogP) is 5.02. The Morgan fingerprint density at radius 2 is 1.86 bits per heavy atom. The van der Waals surface area contributed by atoms with Crippen molar-refractivity contribution in [2.75, 3.05) is 33.4 Å². The van der Waals surface area contributed by atoms with E-state index < -0.39 is 10.0 Å². The van der Waals surface area contributed by atoms with Gasteiger partial charge in [0.05, 0.1) is 17.5 Å². The highest BCUT2D eigenvalue weighted by Crippen LogP contribution is 2.38. The molecule has 0 spiro atoms. The van der Waals surface area contributed by atoms with Crippen molar-refractivity contribution in [1.82, 2.24) is 9.21 Å². The normalized spacial score (nSPS) is 15.9. The molecule has 1 aromatic heterocycles. The molecule has 0 aliphatic carbocycles. The van der Waals surface area contributed by atoms with Crippen LogP contribution in [0.25, 0.3) is 0 Å². The molecule has 6 nitrogen and oxygen atoms in total. The number of hydrogen-bond acceptors (Lipinski definition) is 5. The SMILES string of the molecule is COCCCN(CC(=O)N1CCc2sccc2C1c1ccc(C)cc1)S(=O)(=O)c1ccc(Br)cc1. The van der Waals surface area contributed by atoms with E-state index in [1.54, 1.807) is 42.7 Å². The summed E-state index contributed by atoms with van der Waals surface area (Å²) in [4.78, 5) is 17.0. The van der Waals surface area contributed by atoms with Gasteiger partial charge in [0.1, 0.15) is 0 Å². The van der Waals surface area contributed by atoms with Crippen LogP contribution in [0.1, 0.15) is 34.0 Å². The van der Waals surface area contributed by atoms with E-state index in [0.717, 1.165) is 27.6 Å². The Morgan fingerprint density at radius 1 is 1.14 bits per heavy atom. The maximum atomic E-state index is 13.7. The van der Waals surface area contributed by atoms with Gasteiger partial charge in [-0.2, -0.15) is 4.31 Å². The summed E-state index contributed by atoms with van der Waals surface area (Å²) in [7, 11) is -2.28. The van der Waals surface area contributed by atoms with Gasteiger partial charge < -0.3 is 9.64 Å². The van der Waals surface area contributed by atoms with Gasteiger partial charge in [-0.05, 0) is 66.6 Å². The number of rotatable bonds is 9. The molecule has 1 aliphatic rings. The first-order valence-electron chi connectivity index (χ1n) is 11.5. The molecular weight excluding hydrogens is 548 g/mol. The number of ether oxygens (including phenoxy) is 1. The molecule has 186 valence electrons. The molecule has 1 aliphatic heterocycles. The van der Waals surface area contributed by atoms with Crippen LogP contribution in [-0.4, -0.2) is 56.9 Å². The maximum Gasteiger partial charge on any atom is 0.243 e. The average molecular weight is 578 g/mol. The Balaban J connectivity index is 1.64. The van der Waals surface area contributed by atoms with Gasteiger partial charge in [-0.3, -0.25) is 4.79 Å². The molecule has 2 aromatic carbocycles. The highest BCUT2D eigenvalue weighted by molar-refractivity contribution is 9.10. The first-order chi connectivity index (χ1) is 16.8. The fraction of sp³-hybridized carbons (Fsp3) is 0.346. The summed E-state index contributed by atoms with van der Waals surface area (Å²) in [5.74, 6) is -0.203. The van der Waals surface area contributed by atoms with Crippen molar-refractivity contribution in [3.05, 3.63) is 86.0 Å². The Hall–Kier alpha value is -2.04. The number of sulfonamides is 1. The van der Waals surface area contributed by atoms with Gasteiger partial charge in [0.2, 0.25) is 15.9 Å². The highest BCUT2D eigenvalue weighted by atomic mass is 79.9. The number of benzene rings is 2. The molecule has 0 bridgehead atoms. The molecule has 35 heavy (non-hydrogen) atoms. The van der Waals surface area contributed by atoms with Gasteiger partial charge in [-0.25, -0.2) is 8.42 Å². The van der Waals surface area contributed by atoms with Gasteiger partial charge in [0, 0.05) is 36.2 Å². The van der Waals surface area contributed by atoms with Crippen molar-refractivity contribution >= 4 is 43.2 Å². The Morgan fingerprint density at radius 3 is 2.54 bits per heavy atom. The van der Waals surface area contributed by atoms with Crippen LogP contribution in [0.3, 0.4) is 0 Å². The number of carbonyl (C=O) groups excluding carboxylic acids is 1. The molecule has 0 radical (unpaired) electrons. The zero-order valence-corrected chi connectivity index (χ0v) is 23.0. The third-order valence-electron chi connectivity index (χ3n) is 6.20. The zero-order chi connectivity index (χ0) is 25.0. The van der Waals surface area contributed by atoms with Crippen LogP contribution in [0.5, 0.6) is 0 Å². The van der Waals surface area contributed by atoms with Gasteiger partial charge in [-0.1, -0.05) is 45.8 Å². The van der Waals surface area contributed by atoms with Crippen LogP contribution in [0, 0.1) is 6.92 Å². The minimum Gasteiger partial charge on any atom is -0.385 e. The highest BCUT2D eigenvalue weighted by Gasteiger charge is 2.35. The van der Waals surface area contributed by atoms with E-state index >= 15 is 0 Å². The third-order valence-corrected chi connectivity index (χ3v) is 9.58. The Kier molecular flexibility index (Phi) is 8.44. The molecule has 1 unspecified atom stereocenters. The van der Waals surface area contributed by atoms with E-state index in [9.17, 15) is 13.2 Å². The van der Waals surface area contributed by atoms with E-state index in [2.05, 4.69) is 39.5 Å². The number of nitrogens with zero attached hydrogens (tertiary/aromatic N) is 2. The van der Waals surface area contributed by atoms with E-state index in [1.165, 1.54) is 9.18 Å². The molecule has 2 heterocycles. The Labute approximate surface area is 219 Å². The molecule has 0 N–H and O–H groups in total. The molecular formula is C26H29BrN2O4S2. The first kappa shape index (κ1) is 26.0. The summed E-state index contributed by atoms with van der Waals surface area (Å²) >= 11 is 5.06. The second kappa shape index (κ2) is 11.3. The van der Waals surface area contributed by atoms with Gasteiger partial charge >= 0.3 is 0 Å². The molecule has 1 atom stereocenters. The molecule has 4 rings (SSSR count). The first-order valence-corrected chi connectivity index (χ1v) is 14.6. The number of methoxy groups -OCH3 is 1. The monoisotopic (exact) mass is 576 g/mol. The van der Waals surface area contributed by atoms with Crippen LogP contribution in [0.15, 0.2) is 69.3 Å². The van der Waals surface area contributed by atoms with Crippen LogP contribution < -0.4 is 0 Å². The van der Waals surface area contributed by atoms with Crippen LogP contribution in [0.2, 0.25) is 0 Å². The number of fused-ring (bicyclic) bond motifs is 1. The fourth-order valence-corrected chi connectivity index (χ4v) is 6.96. The minimum atomic E-state index is -3.86. The predicted molar refractivity (Wildman–Crippen MR) is 142 cm³/mol. The van der Waals surface area contributed by atoms with E-state index in [-0.39, 0.29) is 29.9 Å². The number of thiophene rings is 1. The lowest BCUT2D eigenvalue weighted by Crippen LogP contribution is -2.47. The van der Waals surface area contributed by atoms with Crippen LogP contribution in [0.4, 0.5) is 0 Å². The standard InChI is InChI=1S/C26H29BrN2O4S2/c1-19-4-6-20(7-5-19)26-23-13-17-34-24(23)12-15-29(26)25(30)18-28(14-3-16-33-2)35(31,32)22-10-8-21(27)9-11-22/h4-11,13,17,26H,3,12,14-16,18H2,1-2H3. The minimum absolute atomic E-state index is 0.166. The second-order valence-electron chi connectivity index (χ2n) is 8.59. The lowest BCUT2D eigenvalue weighted by molar-refractivity contribution is -0.133. The molecule has 0 fully saturated rings. The lowest BCUT2D eigenvalue weighted by atomic mass is 9.92. The summed E-state index contributed by atoms with van der Waals surface area (Å²) < 4.78 is 34.2. The van der Waals surface area contributed by atoms with Crippen molar-refractivity contribution < 1.29 is 17.9 Å². The molecule has 9 heteroatoms. The van der Waals surface area contributed by atoms with Crippen LogP contribution in [-0.2, 0) is 26.0 Å². The summed E-state index contributed by atoms with van der Waals surface area (Å²) in [5.41, 5.74) is 3.31.